The topological polar surface area (TPSA) is 29.5 Å². The van der Waals surface area contributed by atoms with E-state index in [2.05, 4.69) is 13.8 Å². The highest BCUT2D eigenvalue weighted by Gasteiger charge is 2.44. The fraction of sp³-hybridized carbons (Fsp3) is 1.00. The number of ether oxygens (including phenoxy) is 1. The maximum Gasteiger partial charge on any atom is 0.0910 e. The molecule has 2 nitrogen and oxygen atoms in total. The largest absolute Gasteiger partial charge is 0.387 e. The molecule has 1 rings (SSSR count). The van der Waals surface area contributed by atoms with Gasteiger partial charge in [-0.05, 0) is 31.1 Å². The summed E-state index contributed by atoms with van der Waals surface area (Å²) in [6.45, 7) is 4.98. The molecule has 1 saturated carbocycles. The molecule has 1 fully saturated rings. The molecule has 96 valence electrons. The van der Waals surface area contributed by atoms with Crippen LogP contribution in [-0.4, -0.2) is 24.4 Å². The van der Waals surface area contributed by atoms with Crippen molar-refractivity contribution in [1.82, 2.24) is 0 Å². The lowest BCUT2D eigenvalue weighted by Gasteiger charge is -2.31. The fourth-order valence-electron chi connectivity index (χ4n) is 2.66. The number of hydrogen-bond donors (Lipinski definition) is 1. The number of unbranched alkanes of at least 4 members (excludes halogenated alkanes) is 1. The van der Waals surface area contributed by atoms with Gasteiger partial charge in [0.25, 0.3) is 0 Å². The second-order valence-corrected chi connectivity index (χ2v) is 5.43. The van der Waals surface area contributed by atoms with Crippen molar-refractivity contribution in [3.63, 3.8) is 0 Å². The minimum Gasteiger partial charge on any atom is -0.387 e. The molecule has 0 aromatic carbocycles. The average molecular weight is 228 g/mol. The normalized spacial score (nSPS) is 21.8. The number of rotatable bonds is 9. The van der Waals surface area contributed by atoms with Crippen LogP contribution in [0.1, 0.15) is 58.8 Å². The predicted octanol–water partition coefficient (Wildman–Crippen LogP) is 3.38. The minimum absolute atomic E-state index is 0.503. The smallest absolute Gasteiger partial charge is 0.0910 e. The van der Waals surface area contributed by atoms with E-state index in [-0.39, 0.29) is 0 Å². The van der Waals surface area contributed by atoms with Crippen LogP contribution in [0.3, 0.4) is 0 Å². The monoisotopic (exact) mass is 228 g/mol. The molecule has 0 amide bonds. The molecule has 16 heavy (non-hydrogen) atoms. The zero-order valence-electron chi connectivity index (χ0n) is 11.2. The summed E-state index contributed by atoms with van der Waals surface area (Å²) in [6, 6.07) is 0. The van der Waals surface area contributed by atoms with Crippen LogP contribution in [0.4, 0.5) is 0 Å². The lowest BCUT2D eigenvalue weighted by atomic mass is 9.83. The van der Waals surface area contributed by atoms with Crippen molar-refractivity contribution in [2.75, 3.05) is 13.7 Å². The Kier molecular flexibility index (Phi) is 5.77. The zero-order chi connectivity index (χ0) is 12.0. The first-order valence-corrected chi connectivity index (χ1v) is 6.87. The molecular formula is C14H28O2. The predicted molar refractivity (Wildman–Crippen MR) is 67.5 cm³/mol. The third-order valence-corrected chi connectivity index (χ3v) is 3.92. The average Bonchev–Trinajstić information content (AvgIpc) is 3.08. The maximum atomic E-state index is 10.6. The van der Waals surface area contributed by atoms with Gasteiger partial charge in [0.15, 0.2) is 0 Å². The maximum absolute atomic E-state index is 10.6. The van der Waals surface area contributed by atoms with Crippen LogP contribution in [0, 0.1) is 11.8 Å². The molecule has 2 atom stereocenters. The van der Waals surface area contributed by atoms with E-state index < -0.39 is 5.60 Å². The van der Waals surface area contributed by atoms with Gasteiger partial charge in [0.05, 0.1) is 12.2 Å². The van der Waals surface area contributed by atoms with Crippen LogP contribution in [0.2, 0.25) is 0 Å². The van der Waals surface area contributed by atoms with Crippen molar-refractivity contribution in [1.29, 1.82) is 0 Å². The van der Waals surface area contributed by atoms with Gasteiger partial charge in [0.1, 0.15) is 0 Å². The molecule has 0 aromatic rings. The van der Waals surface area contributed by atoms with Gasteiger partial charge in [-0.1, -0.05) is 39.5 Å². The summed E-state index contributed by atoms with van der Waals surface area (Å²) < 4.78 is 5.21. The van der Waals surface area contributed by atoms with Crippen molar-refractivity contribution in [2.45, 2.75) is 64.4 Å². The van der Waals surface area contributed by atoms with Crippen molar-refractivity contribution in [2.24, 2.45) is 11.8 Å². The standard InChI is InChI=1S/C14H28O2/c1-4-6-7-12(5-2)10-14(15,11-16-3)13-8-9-13/h12-13,15H,4-11H2,1-3H3. The first-order chi connectivity index (χ1) is 7.66. The van der Waals surface area contributed by atoms with Crippen LogP contribution in [-0.2, 0) is 4.74 Å². The number of methoxy groups -OCH3 is 1. The van der Waals surface area contributed by atoms with Gasteiger partial charge >= 0.3 is 0 Å². The Morgan fingerprint density at radius 1 is 1.38 bits per heavy atom. The van der Waals surface area contributed by atoms with Crippen molar-refractivity contribution < 1.29 is 9.84 Å². The van der Waals surface area contributed by atoms with E-state index in [0.29, 0.717) is 18.4 Å². The van der Waals surface area contributed by atoms with E-state index in [4.69, 9.17) is 4.74 Å². The third kappa shape index (κ3) is 4.06. The molecule has 0 spiro atoms. The first kappa shape index (κ1) is 14.0. The summed E-state index contributed by atoms with van der Waals surface area (Å²) in [4.78, 5) is 0. The third-order valence-electron chi connectivity index (χ3n) is 3.92. The van der Waals surface area contributed by atoms with Gasteiger partial charge in [-0.2, -0.15) is 0 Å². The summed E-state index contributed by atoms with van der Waals surface area (Å²) in [5.41, 5.74) is -0.539. The summed E-state index contributed by atoms with van der Waals surface area (Å²) >= 11 is 0. The van der Waals surface area contributed by atoms with Gasteiger partial charge in [0.2, 0.25) is 0 Å². The molecule has 0 aliphatic heterocycles. The Labute approximate surface area is 100 Å². The summed E-state index contributed by atoms with van der Waals surface area (Å²) in [6.07, 6.45) is 8.27. The lowest BCUT2D eigenvalue weighted by molar-refractivity contribution is -0.0651. The molecule has 0 bridgehead atoms. The van der Waals surface area contributed by atoms with E-state index in [1.807, 2.05) is 0 Å². The van der Waals surface area contributed by atoms with Gasteiger partial charge in [0, 0.05) is 7.11 Å². The molecule has 0 saturated heterocycles. The lowest BCUT2D eigenvalue weighted by Crippen LogP contribution is -2.38. The zero-order valence-corrected chi connectivity index (χ0v) is 11.2. The second kappa shape index (κ2) is 6.61. The summed E-state index contributed by atoms with van der Waals surface area (Å²) in [5.74, 6) is 1.17. The quantitative estimate of drug-likeness (QED) is 0.655. The Hall–Kier alpha value is -0.0800. The summed E-state index contributed by atoms with van der Waals surface area (Å²) in [7, 11) is 1.69. The van der Waals surface area contributed by atoms with E-state index in [1.165, 1.54) is 38.5 Å². The van der Waals surface area contributed by atoms with Crippen molar-refractivity contribution >= 4 is 0 Å². The molecule has 0 aromatic heterocycles. The van der Waals surface area contributed by atoms with Crippen LogP contribution in [0.5, 0.6) is 0 Å². The van der Waals surface area contributed by atoms with Crippen LogP contribution in [0.25, 0.3) is 0 Å². The van der Waals surface area contributed by atoms with E-state index >= 15 is 0 Å². The van der Waals surface area contributed by atoms with Crippen LogP contribution < -0.4 is 0 Å². The van der Waals surface area contributed by atoms with Crippen LogP contribution in [0.15, 0.2) is 0 Å². The van der Waals surface area contributed by atoms with Gasteiger partial charge in [-0.3, -0.25) is 0 Å². The molecule has 1 aliphatic carbocycles. The molecule has 0 heterocycles. The highest BCUT2D eigenvalue weighted by atomic mass is 16.5. The molecule has 1 aliphatic rings. The highest BCUT2D eigenvalue weighted by molar-refractivity contribution is 4.95. The Morgan fingerprint density at radius 3 is 2.50 bits per heavy atom. The second-order valence-electron chi connectivity index (χ2n) is 5.43. The summed E-state index contributed by atoms with van der Waals surface area (Å²) in [5, 5.41) is 10.6. The SMILES string of the molecule is CCCCC(CC)CC(O)(COC)C1CC1. The van der Waals surface area contributed by atoms with E-state index in [9.17, 15) is 5.11 Å². The molecule has 2 heteroatoms. The van der Waals surface area contributed by atoms with Crippen molar-refractivity contribution in [3.8, 4) is 0 Å². The molecule has 2 unspecified atom stereocenters. The van der Waals surface area contributed by atoms with Gasteiger partial charge in [-0.25, -0.2) is 0 Å². The Balaban J connectivity index is 2.44. The Morgan fingerprint density at radius 2 is 2.06 bits per heavy atom. The first-order valence-electron chi connectivity index (χ1n) is 6.87. The van der Waals surface area contributed by atoms with Gasteiger partial charge in [-0.15, -0.1) is 0 Å². The molecule has 1 N–H and O–H groups in total. The van der Waals surface area contributed by atoms with E-state index in [1.54, 1.807) is 7.11 Å². The molecular weight excluding hydrogens is 200 g/mol. The molecule has 0 radical (unpaired) electrons. The highest BCUT2D eigenvalue weighted by Crippen LogP contribution is 2.44. The van der Waals surface area contributed by atoms with Crippen molar-refractivity contribution in [3.05, 3.63) is 0 Å². The number of aliphatic hydroxyl groups is 1. The number of hydrogen-bond acceptors (Lipinski definition) is 2. The Bertz CT molecular complexity index is 189. The van der Waals surface area contributed by atoms with E-state index in [0.717, 1.165) is 6.42 Å². The fourth-order valence-corrected chi connectivity index (χ4v) is 2.66. The minimum atomic E-state index is -0.539. The van der Waals surface area contributed by atoms with Crippen LogP contribution >= 0.6 is 0 Å². The van der Waals surface area contributed by atoms with Gasteiger partial charge < -0.3 is 9.84 Å².